The van der Waals surface area contributed by atoms with Crippen LogP contribution in [0.3, 0.4) is 0 Å². The van der Waals surface area contributed by atoms with Gasteiger partial charge in [-0.1, -0.05) is 12.8 Å². The summed E-state index contributed by atoms with van der Waals surface area (Å²) in [6.07, 6.45) is 3.83. The number of hydrogen-bond acceptors (Lipinski definition) is 2. The van der Waals surface area contributed by atoms with Crippen molar-refractivity contribution in [2.45, 2.75) is 52.5 Å². The van der Waals surface area contributed by atoms with Crippen LogP contribution in [-0.2, 0) is 4.79 Å². The first-order valence-electron chi connectivity index (χ1n) is 6.27. The predicted molar refractivity (Wildman–Crippen MR) is 65.1 cm³/mol. The molecule has 0 aliphatic heterocycles. The minimum Gasteiger partial charge on any atom is -0.481 e. The van der Waals surface area contributed by atoms with Gasteiger partial charge in [0.15, 0.2) is 0 Å². The summed E-state index contributed by atoms with van der Waals surface area (Å²) in [5.41, 5.74) is 3.30. The zero-order valence-electron chi connectivity index (χ0n) is 10.7. The lowest BCUT2D eigenvalue weighted by molar-refractivity contribution is -0.144. The van der Waals surface area contributed by atoms with E-state index in [-0.39, 0.29) is 12.0 Å². The fourth-order valence-corrected chi connectivity index (χ4v) is 2.76. The highest BCUT2D eigenvalue weighted by Crippen LogP contribution is 2.35. The molecule has 2 rings (SSSR count). The van der Waals surface area contributed by atoms with Crippen LogP contribution < -0.4 is 0 Å². The van der Waals surface area contributed by atoms with Gasteiger partial charge in [-0.2, -0.15) is 5.10 Å². The number of aromatic nitrogens is 2. The highest BCUT2D eigenvalue weighted by molar-refractivity contribution is 5.70. The Labute approximate surface area is 102 Å². The van der Waals surface area contributed by atoms with Gasteiger partial charge in [0.1, 0.15) is 0 Å². The molecule has 1 N–H and O–H groups in total. The number of carboxylic acids is 1. The summed E-state index contributed by atoms with van der Waals surface area (Å²) in [7, 11) is 0. The van der Waals surface area contributed by atoms with Crippen LogP contribution in [0, 0.1) is 26.7 Å². The zero-order valence-corrected chi connectivity index (χ0v) is 10.7. The van der Waals surface area contributed by atoms with E-state index in [9.17, 15) is 9.90 Å². The molecule has 0 amide bonds. The topological polar surface area (TPSA) is 55.1 Å². The normalized spacial score (nSPS) is 24.9. The molecule has 1 aromatic rings. The second-order valence-electron chi connectivity index (χ2n) is 5.04. The lowest BCUT2D eigenvalue weighted by Crippen LogP contribution is -2.30. The molecule has 1 saturated carbocycles. The maximum atomic E-state index is 11.3. The average molecular weight is 236 g/mol. The van der Waals surface area contributed by atoms with Crippen molar-refractivity contribution in [2.75, 3.05) is 0 Å². The summed E-state index contributed by atoms with van der Waals surface area (Å²) < 4.78 is 1.95. The van der Waals surface area contributed by atoms with Gasteiger partial charge in [0.2, 0.25) is 0 Å². The maximum Gasteiger partial charge on any atom is 0.308 e. The molecule has 1 aliphatic carbocycles. The molecule has 0 radical (unpaired) electrons. The van der Waals surface area contributed by atoms with E-state index in [1.807, 2.05) is 25.5 Å². The van der Waals surface area contributed by atoms with Crippen molar-refractivity contribution in [1.82, 2.24) is 9.78 Å². The van der Waals surface area contributed by atoms with Gasteiger partial charge in [0.25, 0.3) is 0 Å². The minimum absolute atomic E-state index is 0.0358. The van der Waals surface area contributed by atoms with E-state index in [0.29, 0.717) is 0 Å². The van der Waals surface area contributed by atoms with Gasteiger partial charge in [0, 0.05) is 5.69 Å². The Bertz CT molecular complexity index is 437. The molecule has 2 atom stereocenters. The highest BCUT2D eigenvalue weighted by atomic mass is 16.4. The molecule has 1 aromatic heterocycles. The first kappa shape index (κ1) is 12.1. The second kappa shape index (κ2) is 4.51. The SMILES string of the molecule is Cc1nn(C2CCCCC2C(=O)O)c(C)c1C. The third kappa shape index (κ3) is 2.08. The molecule has 94 valence electrons. The average Bonchev–Trinajstić information content (AvgIpc) is 2.57. The van der Waals surface area contributed by atoms with Crippen molar-refractivity contribution >= 4 is 5.97 Å². The fraction of sp³-hybridized carbons (Fsp3) is 0.692. The van der Waals surface area contributed by atoms with E-state index in [0.717, 1.165) is 37.1 Å². The van der Waals surface area contributed by atoms with Crippen LogP contribution in [0.5, 0.6) is 0 Å². The summed E-state index contributed by atoms with van der Waals surface area (Å²) in [5, 5.41) is 13.8. The van der Waals surface area contributed by atoms with Gasteiger partial charge < -0.3 is 5.11 Å². The van der Waals surface area contributed by atoms with Crippen molar-refractivity contribution in [2.24, 2.45) is 5.92 Å². The Morgan fingerprint density at radius 1 is 1.29 bits per heavy atom. The summed E-state index contributed by atoms with van der Waals surface area (Å²) in [6.45, 7) is 6.06. The summed E-state index contributed by atoms with van der Waals surface area (Å²) in [5.74, 6) is -0.957. The molecular weight excluding hydrogens is 216 g/mol. The Kier molecular flexibility index (Phi) is 3.22. The third-order valence-electron chi connectivity index (χ3n) is 4.05. The molecule has 0 saturated heterocycles. The molecule has 0 bridgehead atoms. The van der Waals surface area contributed by atoms with Gasteiger partial charge >= 0.3 is 5.97 Å². The minimum atomic E-state index is -0.681. The summed E-state index contributed by atoms with van der Waals surface area (Å²) in [4.78, 5) is 11.3. The smallest absolute Gasteiger partial charge is 0.308 e. The number of aryl methyl sites for hydroxylation is 1. The third-order valence-corrected chi connectivity index (χ3v) is 4.05. The fourth-order valence-electron chi connectivity index (χ4n) is 2.76. The Balaban J connectivity index is 2.36. The molecule has 0 aromatic carbocycles. The van der Waals surface area contributed by atoms with E-state index < -0.39 is 5.97 Å². The molecular formula is C13H20N2O2. The largest absolute Gasteiger partial charge is 0.481 e. The quantitative estimate of drug-likeness (QED) is 0.858. The lowest BCUT2D eigenvalue weighted by atomic mass is 9.84. The van der Waals surface area contributed by atoms with Crippen LogP contribution in [-0.4, -0.2) is 20.9 Å². The van der Waals surface area contributed by atoms with Gasteiger partial charge in [-0.15, -0.1) is 0 Å². The summed E-state index contributed by atoms with van der Waals surface area (Å²) in [6, 6.07) is 0.0358. The highest BCUT2D eigenvalue weighted by Gasteiger charge is 2.33. The van der Waals surface area contributed by atoms with E-state index in [1.165, 1.54) is 5.56 Å². The molecule has 1 aliphatic rings. The van der Waals surface area contributed by atoms with Crippen molar-refractivity contribution in [3.8, 4) is 0 Å². The number of aliphatic carboxylic acids is 1. The van der Waals surface area contributed by atoms with Crippen LogP contribution >= 0.6 is 0 Å². The van der Waals surface area contributed by atoms with Crippen LogP contribution in [0.15, 0.2) is 0 Å². The Morgan fingerprint density at radius 2 is 1.94 bits per heavy atom. The molecule has 2 unspecified atom stereocenters. The summed E-state index contributed by atoms with van der Waals surface area (Å²) >= 11 is 0. The number of hydrogen-bond donors (Lipinski definition) is 1. The monoisotopic (exact) mass is 236 g/mol. The van der Waals surface area contributed by atoms with E-state index >= 15 is 0 Å². The zero-order chi connectivity index (χ0) is 12.6. The van der Waals surface area contributed by atoms with Crippen LogP contribution in [0.4, 0.5) is 0 Å². The first-order chi connectivity index (χ1) is 8.02. The number of rotatable bonds is 2. The maximum absolute atomic E-state index is 11.3. The standard InChI is InChI=1S/C13H20N2O2/c1-8-9(2)14-15(10(8)3)12-7-5-4-6-11(12)13(16)17/h11-12H,4-7H2,1-3H3,(H,16,17). The van der Waals surface area contributed by atoms with Crippen molar-refractivity contribution in [3.63, 3.8) is 0 Å². The van der Waals surface area contributed by atoms with E-state index in [1.54, 1.807) is 0 Å². The number of carbonyl (C=O) groups is 1. The second-order valence-corrected chi connectivity index (χ2v) is 5.04. The molecule has 4 heteroatoms. The van der Waals surface area contributed by atoms with E-state index in [4.69, 9.17) is 0 Å². The first-order valence-corrected chi connectivity index (χ1v) is 6.27. The molecule has 1 fully saturated rings. The Hall–Kier alpha value is -1.32. The molecule has 1 heterocycles. The Morgan fingerprint density at radius 3 is 2.47 bits per heavy atom. The predicted octanol–water partition coefficient (Wildman–Crippen LogP) is 2.62. The van der Waals surface area contributed by atoms with Crippen LogP contribution in [0.2, 0.25) is 0 Å². The van der Waals surface area contributed by atoms with Gasteiger partial charge in [-0.25, -0.2) is 0 Å². The van der Waals surface area contributed by atoms with Gasteiger partial charge in [-0.3, -0.25) is 9.48 Å². The van der Waals surface area contributed by atoms with Gasteiger partial charge in [0.05, 0.1) is 17.7 Å². The molecule has 17 heavy (non-hydrogen) atoms. The van der Waals surface area contributed by atoms with Crippen molar-refractivity contribution in [1.29, 1.82) is 0 Å². The number of carboxylic acid groups (broad SMARTS) is 1. The van der Waals surface area contributed by atoms with Crippen molar-refractivity contribution in [3.05, 3.63) is 17.0 Å². The van der Waals surface area contributed by atoms with Gasteiger partial charge in [-0.05, 0) is 39.2 Å². The molecule has 4 nitrogen and oxygen atoms in total. The lowest BCUT2D eigenvalue weighted by Gasteiger charge is -2.29. The van der Waals surface area contributed by atoms with Crippen LogP contribution in [0.1, 0.15) is 48.7 Å². The van der Waals surface area contributed by atoms with E-state index in [2.05, 4.69) is 5.10 Å². The molecule has 0 spiro atoms. The number of nitrogens with zero attached hydrogens (tertiary/aromatic N) is 2. The van der Waals surface area contributed by atoms with Crippen molar-refractivity contribution < 1.29 is 9.90 Å². The van der Waals surface area contributed by atoms with Crippen LogP contribution in [0.25, 0.3) is 0 Å².